The number of ether oxygens (including phenoxy) is 1. The molecule has 0 saturated carbocycles. The van der Waals surface area contributed by atoms with Crippen LogP contribution in [0.5, 0.6) is 0 Å². The fourth-order valence-corrected chi connectivity index (χ4v) is 3.61. The van der Waals surface area contributed by atoms with Crippen LogP contribution in [0.4, 0.5) is 0 Å². The second-order valence-electron chi connectivity index (χ2n) is 7.57. The van der Waals surface area contributed by atoms with E-state index < -0.39 is 23.8 Å². The van der Waals surface area contributed by atoms with Gasteiger partial charge in [-0.25, -0.2) is 5.48 Å². The van der Waals surface area contributed by atoms with E-state index in [1.165, 1.54) is 25.1 Å². The zero-order valence-corrected chi connectivity index (χ0v) is 18.2. The number of hydrogen-bond donors (Lipinski definition) is 3. The summed E-state index contributed by atoms with van der Waals surface area (Å²) in [5, 5.41) is 11.2. The van der Waals surface area contributed by atoms with Crippen LogP contribution < -0.4 is 10.8 Å². The highest BCUT2D eigenvalue weighted by Gasteiger charge is 2.33. The lowest BCUT2D eigenvalue weighted by molar-refractivity contribution is -0.140. The van der Waals surface area contributed by atoms with Crippen LogP contribution in [0, 0.1) is 0 Å². The van der Waals surface area contributed by atoms with E-state index in [-0.39, 0.29) is 0 Å². The van der Waals surface area contributed by atoms with Gasteiger partial charge in [0.25, 0.3) is 17.7 Å². The zero-order chi connectivity index (χ0) is 23.1. The van der Waals surface area contributed by atoms with Crippen LogP contribution in [-0.4, -0.2) is 79.2 Å². The molecule has 0 radical (unpaired) electrons. The summed E-state index contributed by atoms with van der Waals surface area (Å²) in [5.41, 5.74) is 4.94. The Morgan fingerprint density at radius 1 is 1.00 bits per heavy atom. The number of hydroxylamine groups is 1. The van der Waals surface area contributed by atoms with Gasteiger partial charge in [0, 0.05) is 39.3 Å². The first-order valence-corrected chi connectivity index (χ1v) is 10.4. The Labute approximate surface area is 186 Å². The van der Waals surface area contributed by atoms with Crippen molar-refractivity contribution in [1.29, 1.82) is 0 Å². The summed E-state index contributed by atoms with van der Waals surface area (Å²) in [5.74, 6) is -2.22. The third-order valence-corrected chi connectivity index (χ3v) is 5.49. The maximum atomic E-state index is 12.8. The van der Waals surface area contributed by atoms with Gasteiger partial charge in [-0.2, -0.15) is 0 Å². The minimum absolute atomic E-state index is 0.319. The Balaban J connectivity index is 1.69. The van der Waals surface area contributed by atoms with Crippen LogP contribution in [0.15, 0.2) is 48.5 Å². The number of nitrogens with zero attached hydrogens (tertiary/aromatic N) is 2. The Kier molecular flexibility index (Phi) is 7.93. The molecular weight excluding hydrogens is 412 g/mol. The number of likely N-dealkylation sites (N-methyl/N-ethyl adjacent to an activating group) is 2. The lowest BCUT2D eigenvalue weighted by Gasteiger charge is -2.26. The first kappa shape index (κ1) is 23.4. The second-order valence-corrected chi connectivity index (χ2v) is 7.57. The van der Waals surface area contributed by atoms with Crippen LogP contribution >= 0.6 is 0 Å². The summed E-state index contributed by atoms with van der Waals surface area (Å²) < 4.78 is 5.38. The van der Waals surface area contributed by atoms with Crippen molar-refractivity contribution < 1.29 is 24.3 Å². The molecule has 2 aromatic carbocycles. The van der Waals surface area contributed by atoms with Gasteiger partial charge in [0.15, 0.2) is 6.04 Å². The van der Waals surface area contributed by atoms with Crippen molar-refractivity contribution in [3.63, 3.8) is 0 Å². The van der Waals surface area contributed by atoms with Gasteiger partial charge in [0.1, 0.15) is 0 Å². The number of morpholine rings is 1. The van der Waals surface area contributed by atoms with Crippen LogP contribution in [-0.2, 0) is 20.9 Å². The molecule has 0 spiro atoms. The van der Waals surface area contributed by atoms with Gasteiger partial charge in [-0.15, -0.1) is 0 Å². The molecule has 1 saturated heterocycles. The summed E-state index contributed by atoms with van der Waals surface area (Å²) in [7, 11) is 2.68. The molecule has 1 aliphatic heterocycles. The van der Waals surface area contributed by atoms with Crippen LogP contribution in [0.2, 0.25) is 0 Å². The molecule has 1 unspecified atom stereocenters. The smallest absolute Gasteiger partial charge is 0.275 e. The first-order valence-electron chi connectivity index (χ1n) is 10.4. The van der Waals surface area contributed by atoms with Crippen molar-refractivity contribution in [2.45, 2.75) is 12.6 Å². The van der Waals surface area contributed by atoms with Crippen molar-refractivity contribution in [1.82, 2.24) is 20.6 Å². The second kappa shape index (κ2) is 10.9. The predicted octanol–water partition coefficient (Wildman–Crippen LogP) is 0.878. The lowest BCUT2D eigenvalue weighted by atomic mass is 10.0. The van der Waals surface area contributed by atoms with Crippen LogP contribution in [0.25, 0.3) is 11.1 Å². The Morgan fingerprint density at radius 2 is 1.56 bits per heavy atom. The first-order chi connectivity index (χ1) is 15.4. The van der Waals surface area contributed by atoms with Gasteiger partial charge in [-0.1, -0.05) is 36.4 Å². The SMILES string of the molecule is CNC(=O)C(C(=O)NO)N(C)C(=O)c1ccc(-c2ccc(CN3CCOCC3)cc2)cc1. The Morgan fingerprint density at radius 3 is 2.09 bits per heavy atom. The molecule has 32 heavy (non-hydrogen) atoms. The average Bonchev–Trinajstić information content (AvgIpc) is 2.84. The maximum Gasteiger partial charge on any atom is 0.275 e. The van der Waals surface area contributed by atoms with Crippen molar-refractivity contribution in [3.05, 3.63) is 59.7 Å². The van der Waals surface area contributed by atoms with E-state index in [0.29, 0.717) is 5.56 Å². The van der Waals surface area contributed by atoms with Gasteiger partial charge in [0.2, 0.25) is 0 Å². The molecular formula is C23H28N4O5. The molecule has 3 N–H and O–H groups in total. The lowest BCUT2D eigenvalue weighted by Crippen LogP contribution is -2.54. The number of rotatable bonds is 7. The van der Waals surface area contributed by atoms with Gasteiger partial charge in [-0.05, 0) is 28.8 Å². The predicted molar refractivity (Wildman–Crippen MR) is 118 cm³/mol. The third kappa shape index (κ3) is 5.50. The molecule has 1 fully saturated rings. The van der Waals surface area contributed by atoms with E-state index in [1.807, 2.05) is 24.3 Å². The summed E-state index contributed by atoms with van der Waals surface area (Å²) in [6.07, 6.45) is 0. The fourth-order valence-electron chi connectivity index (χ4n) is 3.61. The highest BCUT2D eigenvalue weighted by molar-refractivity contribution is 6.08. The zero-order valence-electron chi connectivity index (χ0n) is 18.2. The standard InChI is InChI=1S/C23H28N4O5/c1-24-21(28)20(22(29)25-31)26(2)23(30)19-9-7-18(8-10-19)17-5-3-16(4-6-17)15-27-11-13-32-14-12-27/h3-10,20,31H,11-15H2,1-2H3,(H,24,28)(H,25,29). The average molecular weight is 441 g/mol. The van der Waals surface area contributed by atoms with Gasteiger partial charge >= 0.3 is 0 Å². The summed E-state index contributed by atoms with van der Waals surface area (Å²) in [4.78, 5) is 40.0. The van der Waals surface area contributed by atoms with Crippen molar-refractivity contribution in [3.8, 4) is 11.1 Å². The van der Waals surface area contributed by atoms with Crippen molar-refractivity contribution >= 4 is 17.7 Å². The van der Waals surface area contributed by atoms with E-state index >= 15 is 0 Å². The maximum absolute atomic E-state index is 12.8. The number of amides is 3. The molecule has 1 aliphatic rings. The largest absolute Gasteiger partial charge is 0.379 e. The fraction of sp³-hybridized carbons (Fsp3) is 0.348. The summed E-state index contributed by atoms with van der Waals surface area (Å²) in [6, 6.07) is 13.7. The van der Waals surface area contributed by atoms with Gasteiger partial charge in [-0.3, -0.25) is 24.5 Å². The molecule has 0 bridgehead atoms. The Hall–Kier alpha value is -3.27. The molecule has 3 amide bonds. The van der Waals surface area contributed by atoms with Crippen LogP contribution in [0.1, 0.15) is 15.9 Å². The van der Waals surface area contributed by atoms with E-state index in [0.717, 1.165) is 48.9 Å². The molecule has 1 heterocycles. The minimum Gasteiger partial charge on any atom is -0.379 e. The summed E-state index contributed by atoms with van der Waals surface area (Å²) in [6.45, 7) is 4.30. The number of nitrogens with one attached hydrogen (secondary N) is 2. The van der Waals surface area contributed by atoms with E-state index in [2.05, 4.69) is 22.3 Å². The van der Waals surface area contributed by atoms with E-state index in [1.54, 1.807) is 12.1 Å². The highest BCUT2D eigenvalue weighted by Crippen LogP contribution is 2.22. The monoisotopic (exact) mass is 440 g/mol. The molecule has 170 valence electrons. The van der Waals surface area contributed by atoms with Crippen molar-refractivity contribution in [2.75, 3.05) is 40.4 Å². The molecule has 3 rings (SSSR count). The Bertz CT molecular complexity index is 924. The van der Waals surface area contributed by atoms with Gasteiger partial charge < -0.3 is 15.0 Å². The van der Waals surface area contributed by atoms with E-state index in [4.69, 9.17) is 9.94 Å². The third-order valence-electron chi connectivity index (χ3n) is 5.49. The number of benzene rings is 2. The normalized spacial score (nSPS) is 15.0. The highest BCUT2D eigenvalue weighted by atomic mass is 16.5. The number of carbonyl (C=O) groups excluding carboxylic acids is 3. The molecule has 2 aromatic rings. The quantitative estimate of drug-likeness (QED) is 0.335. The molecule has 1 atom stereocenters. The van der Waals surface area contributed by atoms with Gasteiger partial charge in [0.05, 0.1) is 13.2 Å². The molecule has 0 aromatic heterocycles. The molecule has 9 heteroatoms. The number of carbonyl (C=O) groups is 3. The van der Waals surface area contributed by atoms with E-state index in [9.17, 15) is 14.4 Å². The summed E-state index contributed by atoms with van der Waals surface area (Å²) >= 11 is 0. The topological polar surface area (TPSA) is 111 Å². The molecule has 9 nitrogen and oxygen atoms in total. The van der Waals surface area contributed by atoms with Crippen molar-refractivity contribution in [2.24, 2.45) is 0 Å². The van der Waals surface area contributed by atoms with Crippen LogP contribution in [0.3, 0.4) is 0 Å². The molecule has 0 aliphatic carbocycles. The minimum atomic E-state index is -1.49. The number of hydrogen-bond acceptors (Lipinski definition) is 6.